The second-order valence-electron chi connectivity index (χ2n) is 3.47. The molecule has 0 saturated heterocycles. The van der Waals surface area contributed by atoms with Crippen molar-refractivity contribution in [3.05, 3.63) is 17.5 Å². The van der Waals surface area contributed by atoms with Crippen molar-refractivity contribution in [1.29, 1.82) is 0 Å². The van der Waals surface area contributed by atoms with Gasteiger partial charge in [0.05, 0.1) is 19.3 Å². The van der Waals surface area contributed by atoms with Crippen LogP contribution in [-0.2, 0) is 11.2 Å². The maximum absolute atomic E-state index is 11.5. The number of hydrogen-bond donors (Lipinski definition) is 2. The maximum Gasteiger partial charge on any atom is 0.410 e. The van der Waals surface area contributed by atoms with Crippen LogP contribution >= 0.6 is 0 Å². The highest BCUT2D eigenvalue weighted by Crippen LogP contribution is 2.27. The van der Waals surface area contributed by atoms with Gasteiger partial charge in [-0.15, -0.1) is 0 Å². The van der Waals surface area contributed by atoms with E-state index < -0.39 is 0 Å². The SMILES string of the molecule is COC(=O)N1CCc2[nH]ncc2C1CN. The standard InChI is InChI=1S/C9H14N4O2/c1-15-9(14)13-3-2-7-6(5-11-12-7)8(13)4-10/h5,8H,2-4,10H2,1H3,(H,11,12). The zero-order chi connectivity index (χ0) is 10.8. The van der Waals surface area contributed by atoms with Gasteiger partial charge in [0.2, 0.25) is 0 Å². The lowest BCUT2D eigenvalue weighted by molar-refractivity contribution is 0.102. The van der Waals surface area contributed by atoms with Crippen LogP contribution in [0.1, 0.15) is 17.3 Å². The lowest BCUT2D eigenvalue weighted by Gasteiger charge is -2.33. The van der Waals surface area contributed by atoms with E-state index in [4.69, 9.17) is 10.5 Å². The molecular weight excluding hydrogens is 196 g/mol. The lowest BCUT2D eigenvalue weighted by atomic mass is 10.00. The zero-order valence-electron chi connectivity index (χ0n) is 8.56. The number of nitrogens with zero attached hydrogens (tertiary/aromatic N) is 2. The Morgan fingerprint density at radius 3 is 3.33 bits per heavy atom. The van der Waals surface area contributed by atoms with Crippen LogP contribution in [0.2, 0.25) is 0 Å². The van der Waals surface area contributed by atoms with Gasteiger partial charge in [0.25, 0.3) is 0 Å². The summed E-state index contributed by atoms with van der Waals surface area (Å²) in [7, 11) is 1.38. The Balaban J connectivity index is 2.28. The van der Waals surface area contributed by atoms with Gasteiger partial charge < -0.3 is 10.5 Å². The van der Waals surface area contributed by atoms with E-state index in [0.29, 0.717) is 13.1 Å². The third kappa shape index (κ3) is 1.56. The predicted molar refractivity (Wildman–Crippen MR) is 53.2 cm³/mol. The minimum Gasteiger partial charge on any atom is -0.453 e. The summed E-state index contributed by atoms with van der Waals surface area (Å²) in [4.78, 5) is 13.1. The molecule has 0 fully saturated rings. The summed E-state index contributed by atoms with van der Waals surface area (Å²) < 4.78 is 4.71. The van der Waals surface area contributed by atoms with Crippen molar-refractivity contribution in [3.63, 3.8) is 0 Å². The Labute approximate surface area is 87.4 Å². The summed E-state index contributed by atoms with van der Waals surface area (Å²) in [5.74, 6) is 0. The van der Waals surface area contributed by atoms with Gasteiger partial charge in [-0.1, -0.05) is 0 Å². The van der Waals surface area contributed by atoms with E-state index in [2.05, 4.69) is 10.2 Å². The van der Waals surface area contributed by atoms with E-state index in [0.717, 1.165) is 17.7 Å². The van der Waals surface area contributed by atoms with Crippen LogP contribution in [0.5, 0.6) is 0 Å². The Kier molecular flexibility index (Phi) is 2.59. The highest BCUT2D eigenvalue weighted by atomic mass is 16.5. The molecule has 82 valence electrons. The number of hydrogen-bond acceptors (Lipinski definition) is 4. The van der Waals surface area contributed by atoms with Gasteiger partial charge in [-0.3, -0.25) is 10.00 Å². The second-order valence-corrected chi connectivity index (χ2v) is 3.47. The lowest BCUT2D eigenvalue weighted by Crippen LogP contribution is -2.42. The molecule has 1 aromatic rings. The number of methoxy groups -OCH3 is 1. The molecule has 1 aliphatic rings. The predicted octanol–water partition coefficient (Wildman–Crippen LogP) is 0.0340. The molecule has 15 heavy (non-hydrogen) atoms. The van der Waals surface area contributed by atoms with Crippen molar-refractivity contribution in [2.75, 3.05) is 20.2 Å². The Morgan fingerprint density at radius 1 is 1.87 bits per heavy atom. The molecule has 2 rings (SSSR count). The number of nitrogens with one attached hydrogen (secondary N) is 1. The van der Waals surface area contributed by atoms with Gasteiger partial charge >= 0.3 is 6.09 Å². The minimum absolute atomic E-state index is 0.125. The number of aromatic nitrogens is 2. The molecule has 1 aromatic heterocycles. The first-order valence-electron chi connectivity index (χ1n) is 4.84. The molecule has 1 unspecified atom stereocenters. The van der Waals surface area contributed by atoms with Crippen molar-refractivity contribution < 1.29 is 9.53 Å². The quantitative estimate of drug-likeness (QED) is 0.685. The van der Waals surface area contributed by atoms with Crippen LogP contribution in [0.3, 0.4) is 0 Å². The zero-order valence-corrected chi connectivity index (χ0v) is 8.56. The second kappa shape index (κ2) is 3.90. The topological polar surface area (TPSA) is 84.2 Å². The van der Waals surface area contributed by atoms with E-state index >= 15 is 0 Å². The smallest absolute Gasteiger partial charge is 0.410 e. The third-order valence-electron chi connectivity index (χ3n) is 2.72. The molecule has 0 saturated carbocycles. The number of nitrogens with two attached hydrogens (primary N) is 1. The summed E-state index contributed by atoms with van der Waals surface area (Å²) in [5.41, 5.74) is 7.72. The van der Waals surface area contributed by atoms with E-state index in [-0.39, 0.29) is 12.1 Å². The summed E-state index contributed by atoms with van der Waals surface area (Å²) in [6.45, 7) is 0.991. The number of rotatable bonds is 1. The van der Waals surface area contributed by atoms with Gasteiger partial charge in [-0.2, -0.15) is 5.10 Å². The first-order valence-corrected chi connectivity index (χ1v) is 4.84. The van der Waals surface area contributed by atoms with Gasteiger partial charge in [0, 0.05) is 30.8 Å². The van der Waals surface area contributed by atoms with Gasteiger partial charge in [0.15, 0.2) is 0 Å². The fourth-order valence-electron chi connectivity index (χ4n) is 1.96. The highest BCUT2D eigenvalue weighted by Gasteiger charge is 2.31. The van der Waals surface area contributed by atoms with E-state index in [9.17, 15) is 4.79 Å². The first-order chi connectivity index (χ1) is 7.27. The number of H-pyrrole nitrogens is 1. The van der Waals surface area contributed by atoms with Crippen LogP contribution in [0, 0.1) is 0 Å². The molecule has 1 atom stereocenters. The molecule has 0 spiro atoms. The molecular formula is C9H14N4O2. The molecule has 6 heteroatoms. The van der Waals surface area contributed by atoms with Crippen LogP contribution in [0.25, 0.3) is 0 Å². The third-order valence-corrected chi connectivity index (χ3v) is 2.72. The number of carbonyl (C=O) groups excluding carboxylic acids is 1. The minimum atomic E-state index is -0.336. The summed E-state index contributed by atoms with van der Waals surface area (Å²) in [6.07, 6.45) is 2.15. The normalized spacial score (nSPS) is 19.9. The number of aromatic amines is 1. The maximum atomic E-state index is 11.5. The number of ether oxygens (including phenoxy) is 1. The van der Waals surface area contributed by atoms with Crippen LogP contribution in [0.4, 0.5) is 4.79 Å². The highest BCUT2D eigenvalue weighted by molar-refractivity contribution is 5.68. The molecule has 0 aromatic carbocycles. The average molecular weight is 210 g/mol. The average Bonchev–Trinajstić information content (AvgIpc) is 2.74. The number of fused-ring (bicyclic) bond motifs is 1. The van der Waals surface area contributed by atoms with Crippen molar-refractivity contribution in [1.82, 2.24) is 15.1 Å². The molecule has 1 aliphatic heterocycles. The van der Waals surface area contributed by atoms with E-state index in [1.54, 1.807) is 11.1 Å². The summed E-state index contributed by atoms with van der Waals surface area (Å²) in [6, 6.07) is -0.125. The van der Waals surface area contributed by atoms with Crippen LogP contribution < -0.4 is 5.73 Å². The largest absolute Gasteiger partial charge is 0.453 e. The van der Waals surface area contributed by atoms with Gasteiger partial charge in [-0.05, 0) is 0 Å². The van der Waals surface area contributed by atoms with Gasteiger partial charge in [-0.25, -0.2) is 4.79 Å². The van der Waals surface area contributed by atoms with Gasteiger partial charge in [0.1, 0.15) is 0 Å². The van der Waals surface area contributed by atoms with Crippen LogP contribution in [0.15, 0.2) is 6.20 Å². The Hall–Kier alpha value is -1.56. The Morgan fingerprint density at radius 2 is 2.67 bits per heavy atom. The van der Waals surface area contributed by atoms with Crippen molar-refractivity contribution >= 4 is 6.09 Å². The first kappa shape index (κ1) is 9.97. The van der Waals surface area contributed by atoms with E-state index in [1.165, 1.54) is 7.11 Å². The molecule has 1 amide bonds. The van der Waals surface area contributed by atoms with Crippen LogP contribution in [-0.4, -0.2) is 41.4 Å². The molecule has 3 N–H and O–H groups in total. The molecule has 0 radical (unpaired) electrons. The number of amides is 1. The fourth-order valence-corrected chi connectivity index (χ4v) is 1.96. The molecule has 0 bridgehead atoms. The summed E-state index contributed by atoms with van der Waals surface area (Å²) >= 11 is 0. The molecule has 2 heterocycles. The summed E-state index contributed by atoms with van der Waals surface area (Å²) in [5, 5.41) is 6.88. The molecule has 6 nitrogen and oxygen atoms in total. The van der Waals surface area contributed by atoms with Crippen molar-refractivity contribution in [2.24, 2.45) is 5.73 Å². The monoisotopic (exact) mass is 210 g/mol. The number of carbonyl (C=O) groups is 1. The van der Waals surface area contributed by atoms with Crippen molar-refractivity contribution in [3.8, 4) is 0 Å². The van der Waals surface area contributed by atoms with E-state index in [1.807, 2.05) is 0 Å². The van der Waals surface area contributed by atoms with Crippen molar-refractivity contribution in [2.45, 2.75) is 12.5 Å². The molecule has 0 aliphatic carbocycles. The Bertz CT molecular complexity index is 363. The fraction of sp³-hybridized carbons (Fsp3) is 0.556.